The lowest BCUT2D eigenvalue weighted by Gasteiger charge is -2.17. The number of hydrogen-bond acceptors (Lipinski definition) is 3. The molecule has 4 rings (SSSR count). The topological polar surface area (TPSA) is 34.9 Å². The Morgan fingerprint density at radius 1 is 1.43 bits per heavy atom. The zero-order valence-corrected chi connectivity index (χ0v) is 14.5. The molecular formula is C18H17ClN2OS. The highest BCUT2D eigenvalue weighted by Gasteiger charge is 2.23. The number of thiophene rings is 1. The zero-order chi connectivity index (χ0) is 16.0. The Morgan fingerprint density at radius 3 is 3.13 bits per heavy atom. The van der Waals surface area contributed by atoms with Gasteiger partial charge in [-0.15, -0.1) is 11.3 Å². The summed E-state index contributed by atoms with van der Waals surface area (Å²) in [6.07, 6.45) is 4.89. The number of hydrogen-bond donors (Lipinski definition) is 0. The normalized spacial score (nSPS) is 17.4. The molecule has 0 spiro atoms. The van der Waals surface area contributed by atoms with Gasteiger partial charge in [-0.3, -0.25) is 9.36 Å². The fourth-order valence-corrected chi connectivity index (χ4v) is 4.86. The van der Waals surface area contributed by atoms with E-state index in [0.717, 1.165) is 35.0 Å². The third kappa shape index (κ3) is 2.70. The van der Waals surface area contributed by atoms with E-state index in [1.54, 1.807) is 22.2 Å². The minimum absolute atomic E-state index is 0.0713. The van der Waals surface area contributed by atoms with Crippen LogP contribution in [-0.2, 0) is 19.4 Å². The van der Waals surface area contributed by atoms with Gasteiger partial charge in [0.15, 0.2) is 0 Å². The predicted molar refractivity (Wildman–Crippen MR) is 95.6 cm³/mol. The maximum atomic E-state index is 12.9. The summed E-state index contributed by atoms with van der Waals surface area (Å²) in [5, 5.41) is 1.52. The molecule has 1 aliphatic rings. The van der Waals surface area contributed by atoms with Crippen LogP contribution in [0.15, 0.2) is 35.4 Å². The van der Waals surface area contributed by atoms with Gasteiger partial charge < -0.3 is 0 Å². The average molecular weight is 345 g/mol. The first-order valence-corrected chi connectivity index (χ1v) is 9.05. The first-order chi connectivity index (χ1) is 11.1. The van der Waals surface area contributed by atoms with Crippen LogP contribution in [0, 0.1) is 5.92 Å². The molecule has 1 aliphatic carbocycles. The number of nitrogens with zero attached hydrogens (tertiary/aromatic N) is 2. The molecule has 3 aromatic rings. The van der Waals surface area contributed by atoms with Crippen molar-refractivity contribution in [1.29, 1.82) is 0 Å². The van der Waals surface area contributed by atoms with Crippen molar-refractivity contribution in [3.05, 3.63) is 62.0 Å². The summed E-state index contributed by atoms with van der Waals surface area (Å²) in [6, 6.07) is 7.62. The van der Waals surface area contributed by atoms with Crippen LogP contribution in [0.4, 0.5) is 0 Å². The number of benzene rings is 1. The average Bonchev–Trinajstić information content (AvgIpc) is 2.88. The van der Waals surface area contributed by atoms with Gasteiger partial charge in [0.1, 0.15) is 4.83 Å². The largest absolute Gasteiger partial charge is 0.294 e. The molecule has 2 aromatic heterocycles. The number of fused-ring (bicyclic) bond motifs is 3. The smallest absolute Gasteiger partial charge is 0.262 e. The second-order valence-corrected chi connectivity index (χ2v) is 7.86. The van der Waals surface area contributed by atoms with E-state index < -0.39 is 0 Å². The van der Waals surface area contributed by atoms with Gasteiger partial charge in [0, 0.05) is 9.90 Å². The van der Waals surface area contributed by atoms with Crippen LogP contribution in [0.5, 0.6) is 0 Å². The fourth-order valence-electron chi connectivity index (χ4n) is 3.31. The van der Waals surface area contributed by atoms with E-state index in [1.165, 1.54) is 10.4 Å². The van der Waals surface area contributed by atoms with Crippen molar-refractivity contribution in [2.45, 2.75) is 32.7 Å². The van der Waals surface area contributed by atoms with E-state index in [4.69, 9.17) is 11.6 Å². The lowest BCUT2D eigenvalue weighted by Crippen LogP contribution is -2.22. The summed E-state index contributed by atoms with van der Waals surface area (Å²) < 4.78 is 1.69. The molecule has 1 atom stereocenters. The molecule has 0 N–H and O–H groups in total. The fraction of sp³-hybridized carbons (Fsp3) is 0.333. The van der Waals surface area contributed by atoms with Gasteiger partial charge in [-0.05, 0) is 48.4 Å². The number of halogens is 1. The van der Waals surface area contributed by atoms with E-state index in [-0.39, 0.29) is 5.56 Å². The first kappa shape index (κ1) is 14.9. The van der Waals surface area contributed by atoms with Gasteiger partial charge >= 0.3 is 0 Å². The third-order valence-corrected chi connectivity index (χ3v) is 5.92. The molecule has 0 unspecified atom stereocenters. The van der Waals surface area contributed by atoms with Crippen molar-refractivity contribution in [3.63, 3.8) is 0 Å². The summed E-state index contributed by atoms with van der Waals surface area (Å²) >= 11 is 7.73. The van der Waals surface area contributed by atoms with Crippen LogP contribution in [-0.4, -0.2) is 9.55 Å². The molecule has 118 valence electrons. The molecule has 0 amide bonds. The van der Waals surface area contributed by atoms with Crippen LogP contribution >= 0.6 is 22.9 Å². The lowest BCUT2D eigenvalue weighted by molar-refractivity contribution is 0.509. The molecule has 0 saturated carbocycles. The van der Waals surface area contributed by atoms with Gasteiger partial charge in [-0.2, -0.15) is 0 Å². The number of rotatable bonds is 2. The molecule has 0 radical (unpaired) electrons. The minimum Gasteiger partial charge on any atom is -0.294 e. The van der Waals surface area contributed by atoms with E-state index in [1.807, 2.05) is 24.3 Å². The summed E-state index contributed by atoms with van der Waals surface area (Å²) in [6.45, 7) is 2.78. The molecule has 0 aliphatic heterocycles. The minimum atomic E-state index is 0.0713. The van der Waals surface area contributed by atoms with Crippen molar-refractivity contribution in [3.8, 4) is 0 Å². The van der Waals surface area contributed by atoms with E-state index >= 15 is 0 Å². The molecule has 0 saturated heterocycles. The van der Waals surface area contributed by atoms with Gasteiger partial charge in [-0.25, -0.2) is 4.98 Å². The molecule has 5 heteroatoms. The molecule has 1 aromatic carbocycles. The Hall–Kier alpha value is -1.65. The first-order valence-electron chi connectivity index (χ1n) is 7.86. The Balaban J connectivity index is 1.80. The number of aromatic nitrogens is 2. The van der Waals surface area contributed by atoms with Gasteiger partial charge in [0.2, 0.25) is 0 Å². The van der Waals surface area contributed by atoms with Crippen LogP contribution in [0.3, 0.4) is 0 Å². The molecule has 0 fully saturated rings. The highest BCUT2D eigenvalue weighted by Crippen LogP contribution is 2.35. The zero-order valence-electron chi connectivity index (χ0n) is 12.9. The molecule has 2 heterocycles. The van der Waals surface area contributed by atoms with Crippen molar-refractivity contribution in [2.75, 3.05) is 0 Å². The van der Waals surface area contributed by atoms with Crippen LogP contribution in [0.2, 0.25) is 5.02 Å². The molecule has 0 bridgehead atoms. The second kappa shape index (κ2) is 5.77. The van der Waals surface area contributed by atoms with E-state index in [2.05, 4.69) is 11.9 Å². The predicted octanol–water partition coefficient (Wildman–Crippen LogP) is 4.28. The maximum Gasteiger partial charge on any atom is 0.262 e. The molecular weight excluding hydrogens is 328 g/mol. The summed E-state index contributed by atoms with van der Waals surface area (Å²) in [7, 11) is 0. The van der Waals surface area contributed by atoms with Crippen LogP contribution in [0.25, 0.3) is 10.2 Å². The quantitative estimate of drug-likeness (QED) is 0.695. The Bertz CT molecular complexity index is 944. The Morgan fingerprint density at radius 2 is 2.30 bits per heavy atom. The monoisotopic (exact) mass is 344 g/mol. The van der Waals surface area contributed by atoms with Crippen molar-refractivity contribution in [1.82, 2.24) is 9.55 Å². The standard InChI is InChI=1S/C18H17ClN2OS/c1-11-5-6-14-15(7-11)23-17-16(14)18(22)21(10-20-17)9-12-3-2-4-13(19)8-12/h2-4,8,10-11H,5-7,9H2,1H3/t11-/m1/s1. The van der Waals surface area contributed by atoms with Crippen molar-refractivity contribution in [2.24, 2.45) is 5.92 Å². The molecule has 23 heavy (non-hydrogen) atoms. The van der Waals surface area contributed by atoms with Gasteiger partial charge in [-0.1, -0.05) is 30.7 Å². The summed E-state index contributed by atoms with van der Waals surface area (Å²) in [5.41, 5.74) is 2.32. The van der Waals surface area contributed by atoms with Crippen LogP contribution in [0.1, 0.15) is 29.3 Å². The second-order valence-electron chi connectivity index (χ2n) is 6.34. The van der Waals surface area contributed by atoms with Crippen LogP contribution < -0.4 is 5.56 Å². The van der Waals surface area contributed by atoms with Gasteiger partial charge in [0.25, 0.3) is 5.56 Å². The summed E-state index contributed by atoms with van der Waals surface area (Å²) in [4.78, 5) is 19.7. The highest BCUT2D eigenvalue weighted by molar-refractivity contribution is 7.18. The van der Waals surface area contributed by atoms with E-state index in [0.29, 0.717) is 17.5 Å². The highest BCUT2D eigenvalue weighted by atomic mass is 35.5. The third-order valence-electron chi connectivity index (χ3n) is 4.52. The van der Waals surface area contributed by atoms with Crippen molar-refractivity contribution >= 4 is 33.2 Å². The van der Waals surface area contributed by atoms with E-state index in [9.17, 15) is 4.79 Å². The summed E-state index contributed by atoms with van der Waals surface area (Å²) in [5.74, 6) is 0.698. The SMILES string of the molecule is C[C@@H]1CCc2c(sc3ncn(Cc4cccc(Cl)c4)c(=O)c23)C1. The lowest BCUT2D eigenvalue weighted by atomic mass is 9.89. The van der Waals surface area contributed by atoms with Crippen molar-refractivity contribution < 1.29 is 0 Å². The molecule has 3 nitrogen and oxygen atoms in total. The van der Waals surface area contributed by atoms with Gasteiger partial charge in [0.05, 0.1) is 18.3 Å². The Kier molecular flexibility index (Phi) is 3.74. The Labute approximate surface area is 143 Å². The number of aryl methyl sites for hydroxylation is 1. The maximum absolute atomic E-state index is 12.9.